The van der Waals surface area contributed by atoms with E-state index < -0.39 is 11.9 Å². The summed E-state index contributed by atoms with van der Waals surface area (Å²) < 4.78 is 13.4. The molecule has 52 heavy (non-hydrogen) atoms. The van der Waals surface area contributed by atoms with Gasteiger partial charge in [-0.2, -0.15) is 0 Å². The molecule has 0 saturated carbocycles. The molecule has 5 aromatic rings. The Bertz CT molecular complexity index is 1940. The quantitative estimate of drug-likeness (QED) is 0.0320. The lowest BCUT2D eigenvalue weighted by Crippen LogP contribution is -2.15. The fourth-order valence-corrected chi connectivity index (χ4v) is 5.88. The third kappa shape index (κ3) is 11.5. The van der Waals surface area contributed by atoms with Crippen molar-refractivity contribution in [1.29, 1.82) is 0 Å². The predicted molar refractivity (Wildman–Crippen MR) is 186 cm³/mol. The Balaban J connectivity index is 1.36. The summed E-state index contributed by atoms with van der Waals surface area (Å²) in [6.07, 6.45) is 6.48. The molecule has 0 fully saturated rings. The number of carbonyl (C=O) groups is 2. The van der Waals surface area contributed by atoms with Crippen LogP contribution in [-0.4, -0.2) is 53.1 Å². The van der Waals surface area contributed by atoms with Crippen LogP contribution in [0.1, 0.15) is 63.2 Å². The van der Waals surface area contributed by atoms with E-state index in [2.05, 4.69) is 16.6 Å². The molecule has 2 aromatic heterocycles. The van der Waals surface area contributed by atoms with Crippen molar-refractivity contribution in [3.63, 3.8) is 0 Å². The molecule has 0 atom stereocenters. The van der Waals surface area contributed by atoms with Gasteiger partial charge in [-0.15, -0.1) is 11.3 Å². The average molecular weight is 731 g/mol. The Kier molecular flexibility index (Phi) is 13.9. The third-order valence-corrected chi connectivity index (χ3v) is 8.57. The molecule has 14 nitrogen and oxygen atoms in total. The molecule has 0 amide bonds. The van der Waals surface area contributed by atoms with Crippen molar-refractivity contribution in [2.45, 2.75) is 52.4 Å². The van der Waals surface area contributed by atoms with Crippen LogP contribution in [0.2, 0.25) is 0 Å². The van der Waals surface area contributed by atoms with E-state index in [0.717, 1.165) is 35.5 Å². The van der Waals surface area contributed by atoms with Gasteiger partial charge in [0.05, 0.1) is 41.4 Å². The van der Waals surface area contributed by atoms with Crippen LogP contribution in [0.15, 0.2) is 102 Å². The van der Waals surface area contributed by atoms with Crippen molar-refractivity contribution >= 4 is 29.4 Å². The summed E-state index contributed by atoms with van der Waals surface area (Å²) in [4.78, 5) is 41.6. The second-order valence-electron chi connectivity index (χ2n) is 11.5. The lowest BCUT2D eigenvalue weighted by Gasteiger charge is -2.13. The molecule has 0 radical (unpaired) electrons. The van der Waals surface area contributed by atoms with E-state index in [4.69, 9.17) is 35.3 Å². The molecule has 272 valence electrons. The molecular formula is C37H38N4O10S. The minimum absolute atomic E-state index is 0.142. The first-order valence-corrected chi connectivity index (χ1v) is 17.1. The maximum absolute atomic E-state index is 13.7. The smallest absolute Gasteiger partial charge is 0.343 e. The Morgan fingerprint density at radius 3 is 2.08 bits per heavy atom. The number of esters is 2. The molecule has 0 unspecified atom stereocenters. The summed E-state index contributed by atoms with van der Waals surface area (Å²) >= 11 is 1.53. The van der Waals surface area contributed by atoms with Crippen molar-refractivity contribution in [2.75, 3.05) is 0 Å². The number of thiophene rings is 1. The van der Waals surface area contributed by atoms with E-state index in [0.29, 0.717) is 40.9 Å². The van der Waals surface area contributed by atoms with Crippen LogP contribution < -0.4 is 9.47 Å². The Morgan fingerprint density at radius 1 is 0.827 bits per heavy atom. The van der Waals surface area contributed by atoms with Gasteiger partial charge in [0.2, 0.25) is 0 Å². The van der Waals surface area contributed by atoms with Crippen LogP contribution in [0.5, 0.6) is 11.5 Å². The highest BCUT2D eigenvalue weighted by molar-refractivity contribution is 7.09. The minimum atomic E-state index is -0.566. The molecule has 0 aliphatic rings. The second-order valence-corrected chi connectivity index (χ2v) is 12.6. The van der Waals surface area contributed by atoms with Crippen LogP contribution >= 0.6 is 11.3 Å². The first-order chi connectivity index (χ1) is 25.2. The van der Waals surface area contributed by atoms with Gasteiger partial charge in [0, 0.05) is 29.8 Å². The number of carbonyl (C=O) groups excluding carboxylic acids is 2. The SMILES string of the molecule is CCCCc1ncc(/C=C(\Cc2cccs2)C(=O)Oc2cccc(CON(O)O)c2)n1Cc1ccc(C(=O)Oc2cccc(CON(O)O)c2)cc1. The van der Waals surface area contributed by atoms with Crippen molar-refractivity contribution in [1.82, 2.24) is 20.3 Å². The van der Waals surface area contributed by atoms with Gasteiger partial charge >= 0.3 is 11.9 Å². The molecule has 3 aromatic carbocycles. The first kappa shape index (κ1) is 38.2. The summed E-state index contributed by atoms with van der Waals surface area (Å²) in [7, 11) is 0. The van der Waals surface area contributed by atoms with E-state index in [1.165, 1.54) is 11.3 Å². The van der Waals surface area contributed by atoms with Gasteiger partial charge in [0.25, 0.3) is 0 Å². The van der Waals surface area contributed by atoms with E-state index >= 15 is 0 Å². The number of aromatic nitrogens is 2. The van der Waals surface area contributed by atoms with Gasteiger partial charge in [-0.25, -0.2) is 24.2 Å². The van der Waals surface area contributed by atoms with E-state index in [1.54, 1.807) is 72.9 Å². The zero-order valence-electron chi connectivity index (χ0n) is 28.2. The van der Waals surface area contributed by atoms with Gasteiger partial charge < -0.3 is 14.0 Å². The minimum Gasteiger partial charge on any atom is -0.423 e. The lowest BCUT2D eigenvalue weighted by molar-refractivity contribution is -0.497. The molecule has 0 aliphatic carbocycles. The van der Waals surface area contributed by atoms with Gasteiger partial charge in [-0.05, 0) is 77.0 Å². The largest absolute Gasteiger partial charge is 0.423 e. The lowest BCUT2D eigenvalue weighted by atomic mass is 10.1. The highest BCUT2D eigenvalue weighted by Crippen LogP contribution is 2.23. The number of benzene rings is 3. The van der Waals surface area contributed by atoms with Crippen molar-refractivity contribution in [3.05, 3.63) is 141 Å². The Morgan fingerprint density at radius 2 is 1.48 bits per heavy atom. The molecule has 0 spiro atoms. The normalized spacial score (nSPS) is 11.7. The molecule has 0 saturated heterocycles. The highest BCUT2D eigenvalue weighted by Gasteiger charge is 2.18. The number of unbranched alkanes of at least 4 members (excludes halogenated alkanes) is 1. The van der Waals surface area contributed by atoms with Crippen molar-refractivity contribution in [2.24, 2.45) is 0 Å². The maximum atomic E-state index is 13.7. The number of hydrogen-bond donors (Lipinski definition) is 4. The van der Waals surface area contributed by atoms with Crippen LogP contribution in [0.3, 0.4) is 0 Å². The summed E-state index contributed by atoms with van der Waals surface area (Å²) in [6, 6.07) is 23.9. The molecule has 4 N–H and O–H groups in total. The third-order valence-electron chi connectivity index (χ3n) is 7.69. The molecule has 0 aliphatic heterocycles. The Labute approximate surface area is 303 Å². The van der Waals surface area contributed by atoms with E-state index in [-0.39, 0.29) is 35.5 Å². The summed E-state index contributed by atoms with van der Waals surface area (Å²) in [5.41, 5.74) is 3.45. The van der Waals surface area contributed by atoms with Gasteiger partial charge in [-0.3, -0.25) is 20.8 Å². The van der Waals surface area contributed by atoms with E-state index in [1.807, 2.05) is 34.2 Å². The monoisotopic (exact) mass is 730 g/mol. The summed E-state index contributed by atoms with van der Waals surface area (Å²) in [6.45, 7) is 2.23. The molecule has 5 rings (SSSR count). The van der Waals surface area contributed by atoms with Gasteiger partial charge in [-0.1, -0.05) is 55.8 Å². The fraction of sp³-hybridized carbons (Fsp3) is 0.216. The molecule has 15 heteroatoms. The zero-order valence-corrected chi connectivity index (χ0v) is 29.0. The van der Waals surface area contributed by atoms with Crippen molar-refractivity contribution < 1.29 is 49.6 Å². The molecular weight excluding hydrogens is 692 g/mol. The van der Waals surface area contributed by atoms with Gasteiger partial charge in [0.1, 0.15) is 17.3 Å². The van der Waals surface area contributed by atoms with Crippen LogP contribution in [0, 0.1) is 0 Å². The number of hydrogen-bond acceptors (Lipinski definition) is 14. The first-order valence-electron chi connectivity index (χ1n) is 16.3. The Hall–Kier alpha value is -5.07. The standard InChI is InChI=1S/C37H38N4O10S/c1-2-3-12-35-38-22-31(20-30(21-34-11-6-17-52-34)37(43)51-33-10-5-8-28(19-33)25-49-41(46)47)39(35)23-26-13-15-29(16-14-26)36(42)50-32-9-4-7-27(18-32)24-48-40(44)45/h4-11,13-20,22,44-47H,2-3,12,21,23-25H2,1H3/b30-20+. The molecule has 0 bridgehead atoms. The predicted octanol–water partition coefficient (Wildman–Crippen LogP) is 6.81. The van der Waals surface area contributed by atoms with Crippen LogP contribution in [0.4, 0.5) is 0 Å². The number of rotatable bonds is 18. The average Bonchev–Trinajstić information content (AvgIpc) is 3.79. The molecule has 2 heterocycles. The maximum Gasteiger partial charge on any atom is 0.343 e. The van der Waals surface area contributed by atoms with E-state index in [9.17, 15) is 9.59 Å². The number of ether oxygens (including phenoxy) is 2. The topological polar surface area (TPSA) is 176 Å². The number of imidazole rings is 1. The zero-order chi connectivity index (χ0) is 36.9. The van der Waals surface area contributed by atoms with Crippen molar-refractivity contribution in [3.8, 4) is 11.5 Å². The highest BCUT2D eigenvalue weighted by atomic mass is 32.1. The van der Waals surface area contributed by atoms with Gasteiger partial charge in [0.15, 0.2) is 0 Å². The summed E-state index contributed by atoms with van der Waals surface area (Å²) in [5.74, 6) is 0.271. The fourth-order valence-electron chi connectivity index (χ4n) is 5.15. The second kappa shape index (κ2) is 19.0. The number of nitrogens with zero attached hydrogens (tertiary/aromatic N) is 4. The number of aryl methyl sites for hydroxylation is 1. The van der Waals surface area contributed by atoms with Crippen LogP contribution in [-0.2, 0) is 47.1 Å². The van der Waals surface area contributed by atoms with Crippen LogP contribution in [0.25, 0.3) is 6.08 Å². The summed E-state index contributed by atoms with van der Waals surface area (Å²) in [5, 5.41) is 36.5.